The van der Waals surface area contributed by atoms with Crippen LogP contribution in [0.5, 0.6) is 0 Å². The highest BCUT2D eigenvalue weighted by atomic mass is 35.5. The van der Waals surface area contributed by atoms with Gasteiger partial charge in [-0.05, 0) is 6.42 Å². The zero-order valence-electron chi connectivity index (χ0n) is 3.80. The molecule has 0 aliphatic heterocycles. The van der Waals surface area contributed by atoms with Gasteiger partial charge in [0.05, 0.1) is 5.25 Å². The molecule has 0 aromatic heterocycles. The lowest BCUT2D eigenvalue weighted by molar-refractivity contribution is -0.107. The monoisotopic (exact) mass is 138 g/mol. The highest BCUT2D eigenvalue weighted by Gasteiger charge is 1.95. The molecule has 0 spiro atoms. The van der Waals surface area contributed by atoms with E-state index in [-0.39, 0.29) is 5.25 Å². The maximum atomic E-state index is 9.76. The Balaban J connectivity index is 2.98. The minimum Gasteiger partial charge on any atom is -0.302 e. The van der Waals surface area contributed by atoms with Gasteiger partial charge in [-0.3, -0.25) is 0 Å². The fourth-order valence-corrected chi connectivity index (χ4v) is 0.696. The summed E-state index contributed by atoms with van der Waals surface area (Å²) < 4.78 is 0. The lowest BCUT2D eigenvalue weighted by Gasteiger charge is -1.92. The quantitative estimate of drug-likeness (QED) is 0.351. The third-order valence-electron chi connectivity index (χ3n) is 0.562. The smallest absolute Gasteiger partial charge is 0.132 e. The Labute approximate surface area is 53.5 Å². The second-order valence-electron chi connectivity index (χ2n) is 1.18. The van der Waals surface area contributed by atoms with Gasteiger partial charge in [0, 0.05) is 5.88 Å². The Morgan fingerprint density at radius 2 is 2.43 bits per heavy atom. The van der Waals surface area contributed by atoms with E-state index in [2.05, 4.69) is 12.6 Å². The topological polar surface area (TPSA) is 17.1 Å². The van der Waals surface area contributed by atoms with Crippen molar-refractivity contribution in [3.8, 4) is 0 Å². The molecule has 0 aromatic rings. The number of hydrogen-bond donors (Lipinski definition) is 1. The van der Waals surface area contributed by atoms with Gasteiger partial charge < -0.3 is 4.79 Å². The molecule has 0 saturated carbocycles. The first-order valence-electron chi connectivity index (χ1n) is 2.00. The van der Waals surface area contributed by atoms with Gasteiger partial charge in [0.2, 0.25) is 0 Å². The number of thiol groups is 1. The average molecular weight is 139 g/mol. The molecule has 1 atom stereocenters. The Kier molecular flexibility index (Phi) is 4.67. The number of alkyl halides is 1. The lowest BCUT2D eigenvalue weighted by Crippen LogP contribution is -1.98. The van der Waals surface area contributed by atoms with Crippen molar-refractivity contribution in [3.63, 3.8) is 0 Å². The largest absolute Gasteiger partial charge is 0.302 e. The fraction of sp³-hybridized carbons (Fsp3) is 0.750. The molecule has 0 aliphatic carbocycles. The van der Waals surface area contributed by atoms with Crippen molar-refractivity contribution in [2.45, 2.75) is 11.7 Å². The van der Waals surface area contributed by atoms with Crippen molar-refractivity contribution in [1.82, 2.24) is 0 Å². The molecule has 0 fully saturated rings. The Morgan fingerprint density at radius 1 is 1.86 bits per heavy atom. The zero-order valence-corrected chi connectivity index (χ0v) is 5.45. The van der Waals surface area contributed by atoms with Crippen molar-refractivity contribution in [3.05, 3.63) is 0 Å². The van der Waals surface area contributed by atoms with Gasteiger partial charge in [-0.1, -0.05) is 0 Å². The molecule has 0 radical (unpaired) electrons. The summed E-state index contributed by atoms with van der Waals surface area (Å²) in [6.07, 6.45) is 1.44. The van der Waals surface area contributed by atoms with E-state index in [0.29, 0.717) is 12.3 Å². The van der Waals surface area contributed by atoms with E-state index in [4.69, 9.17) is 11.6 Å². The summed E-state index contributed by atoms with van der Waals surface area (Å²) in [4.78, 5) is 9.76. The molecule has 42 valence electrons. The van der Waals surface area contributed by atoms with Gasteiger partial charge in [-0.15, -0.1) is 11.6 Å². The summed E-state index contributed by atoms with van der Waals surface area (Å²) in [7, 11) is 0. The Bertz CT molecular complexity index is 57.7. The number of hydrogen-bond acceptors (Lipinski definition) is 2. The third-order valence-corrected chi connectivity index (χ3v) is 1.16. The third kappa shape index (κ3) is 4.16. The van der Waals surface area contributed by atoms with Gasteiger partial charge in [0.25, 0.3) is 0 Å². The molecule has 0 aromatic carbocycles. The van der Waals surface area contributed by atoms with Gasteiger partial charge in [-0.2, -0.15) is 12.6 Å². The van der Waals surface area contributed by atoms with Crippen LogP contribution < -0.4 is 0 Å². The van der Waals surface area contributed by atoms with Gasteiger partial charge >= 0.3 is 0 Å². The normalized spacial score (nSPS) is 13.4. The molecule has 0 heterocycles. The van der Waals surface area contributed by atoms with Crippen LogP contribution in [0.3, 0.4) is 0 Å². The summed E-state index contributed by atoms with van der Waals surface area (Å²) in [5.41, 5.74) is 0. The van der Waals surface area contributed by atoms with Crippen LogP contribution in [0.4, 0.5) is 0 Å². The molecule has 1 unspecified atom stereocenters. The highest BCUT2D eigenvalue weighted by molar-refractivity contribution is 7.81. The van der Waals surface area contributed by atoms with E-state index < -0.39 is 0 Å². The number of aldehydes is 1. The first-order valence-corrected chi connectivity index (χ1v) is 3.05. The number of carbonyl (C=O) groups is 1. The maximum Gasteiger partial charge on any atom is 0.132 e. The van der Waals surface area contributed by atoms with Crippen LogP contribution in [0.2, 0.25) is 0 Å². The van der Waals surface area contributed by atoms with Crippen LogP contribution in [0.15, 0.2) is 0 Å². The van der Waals surface area contributed by atoms with E-state index in [1.54, 1.807) is 0 Å². The SMILES string of the molecule is O=CC(S)CCCl. The molecule has 0 N–H and O–H groups in total. The van der Waals surface area contributed by atoms with E-state index in [1.165, 1.54) is 0 Å². The second kappa shape index (κ2) is 4.47. The average Bonchev–Trinajstić information content (AvgIpc) is 1.68. The number of carbonyl (C=O) groups excluding carboxylic acids is 1. The number of rotatable bonds is 3. The van der Waals surface area contributed by atoms with Crippen molar-refractivity contribution in [1.29, 1.82) is 0 Å². The van der Waals surface area contributed by atoms with Crippen molar-refractivity contribution < 1.29 is 4.79 Å². The minimum absolute atomic E-state index is 0.169. The zero-order chi connectivity index (χ0) is 5.70. The Hall–Kier alpha value is 0.310. The summed E-state index contributed by atoms with van der Waals surface area (Å²) >= 11 is 9.12. The fourth-order valence-electron chi connectivity index (χ4n) is 0.180. The first-order chi connectivity index (χ1) is 3.31. The maximum absolute atomic E-state index is 9.76. The van der Waals surface area contributed by atoms with E-state index in [0.717, 1.165) is 6.29 Å². The van der Waals surface area contributed by atoms with Crippen molar-refractivity contribution >= 4 is 30.5 Å². The number of halogens is 1. The summed E-state index contributed by atoms with van der Waals surface area (Å²) in [6, 6.07) is 0. The molecule has 7 heavy (non-hydrogen) atoms. The standard InChI is InChI=1S/C4H7ClOS/c5-2-1-4(7)3-6/h3-4,7H,1-2H2. The van der Waals surface area contributed by atoms with E-state index >= 15 is 0 Å². The van der Waals surface area contributed by atoms with E-state index in [1.807, 2.05) is 0 Å². The molecular formula is C4H7ClOS. The highest BCUT2D eigenvalue weighted by Crippen LogP contribution is 1.97. The molecule has 1 nitrogen and oxygen atoms in total. The van der Waals surface area contributed by atoms with Crippen LogP contribution in [-0.2, 0) is 4.79 Å². The van der Waals surface area contributed by atoms with Crippen LogP contribution in [0.1, 0.15) is 6.42 Å². The lowest BCUT2D eigenvalue weighted by atomic mass is 10.4. The molecule has 0 aliphatic rings. The minimum atomic E-state index is -0.169. The van der Waals surface area contributed by atoms with Crippen LogP contribution in [-0.4, -0.2) is 17.4 Å². The second-order valence-corrected chi connectivity index (χ2v) is 2.22. The van der Waals surface area contributed by atoms with Gasteiger partial charge in [0.1, 0.15) is 6.29 Å². The molecule has 0 bridgehead atoms. The molecule has 0 rings (SSSR count). The van der Waals surface area contributed by atoms with Crippen molar-refractivity contribution in [2.75, 3.05) is 5.88 Å². The van der Waals surface area contributed by atoms with Gasteiger partial charge in [0.15, 0.2) is 0 Å². The van der Waals surface area contributed by atoms with Crippen LogP contribution in [0.25, 0.3) is 0 Å². The van der Waals surface area contributed by atoms with Crippen molar-refractivity contribution in [2.24, 2.45) is 0 Å². The molecule has 3 heteroatoms. The summed E-state index contributed by atoms with van der Waals surface area (Å²) in [6.45, 7) is 0. The van der Waals surface area contributed by atoms with Crippen LogP contribution in [0, 0.1) is 0 Å². The Morgan fingerprint density at radius 3 is 2.57 bits per heavy atom. The van der Waals surface area contributed by atoms with Gasteiger partial charge in [-0.25, -0.2) is 0 Å². The molecular weight excluding hydrogens is 132 g/mol. The first kappa shape index (κ1) is 7.31. The molecule has 0 saturated heterocycles. The molecule has 0 amide bonds. The van der Waals surface area contributed by atoms with Crippen LogP contribution >= 0.6 is 24.2 Å². The predicted octanol–water partition coefficient (Wildman–Crippen LogP) is 1.11. The summed E-state index contributed by atoms with van der Waals surface area (Å²) in [5.74, 6) is 0.507. The summed E-state index contributed by atoms with van der Waals surface area (Å²) in [5, 5.41) is -0.169. The van der Waals surface area contributed by atoms with E-state index in [9.17, 15) is 4.79 Å². The predicted molar refractivity (Wildman–Crippen MR) is 34.2 cm³/mol.